The fraction of sp³-hybridized carbons (Fsp3) is 0.696. The van der Waals surface area contributed by atoms with E-state index in [0.717, 1.165) is 31.2 Å². The first-order valence-electron chi connectivity index (χ1n) is 11.1. The Kier molecular flexibility index (Phi) is 9.55. The Balaban J connectivity index is 2.42. The Hall–Kier alpha value is -1.20. The van der Waals surface area contributed by atoms with Crippen molar-refractivity contribution in [1.29, 1.82) is 0 Å². The molecule has 0 spiro atoms. The molecule has 2 rings (SSSR count). The van der Waals surface area contributed by atoms with Crippen molar-refractivity contribution in [3.8, 4) is 0 Å². The lowest BCUT2D eigenvalue weighted by atomic mass is 9.88. The molecule has 0 amide bonds. The van der Waals surface area contributed by atoms with E-state index in [9.17, 15) is 9.36 Å². The van der Waals surface area contributed by atoms with Gasteiger partial charge in [0.1, 0.15) is 17.4 Å². The highest BCUT2D eigenvalue weighted by Gasteiger charge is 2.44. The minimum absolute atomic E-state index is 0.108. The largest absolute Gasteiger partial charge is 0.459 e. The third kappa shape index (κ3) is 7.19. The van der Waals surface area contributed by atoms with Gasteiger partial charge in [0.2, 0.25) is 0 Å². The van der Waals surface area contributed by atoms with Gasteiger partial charge in [0, 0.05) is 0 Å². The van der Waals surface area contributed by atoms with Crippen LogP contribution in [0.15, 0.2) is 30.3 Å². The number of carbonyl (C=O) groups excluding carboxylic acids is 1. The zero-order valence-corrected chi connectivity index (χ0v) is 20.0. The van der Waals surface area contributed by atoms with Crippen molar-refractivity contribution in [3.05, 3.63) is 35.9 Å². The van der Waals surface area contributed by atoms with Crippen LogP contribution >= 0.6 is 7.60 Å². The maximum absolute atomic E-state index is 13.8. The van der Waals surface area contributed by atoms with Crippen LogP contribution < -0.4 is 5.32 Å². The van der Waals surface area contributed by atoms with Crippen molar-refractivity contribution in [2.75, 3.05) is 13.2 Å². The van der Waals surface area contributed by atoms with Gasteiger partial charge in [0.05, 0.1) is 13.2 Å². The summed E-state index contributed by atoms with van der Waals surface area (Å²) in [5, 5.41) is 3.39. The van der Waals surface area contributed by atoms with Gasteiger partial charge in [-0.15, -0.1) is 0 Å². The number of carbonyl (C=O) groups is 1. The second-order valence-electron chi connectivity index (χ2n) is 8.76. The molecule has 0 aliphatic heterocycles. The third-order valence-electron chi connectivity index (χ3n) is 5.17. The molecule has 1 aromatic carbocycles. The van der Waals surface area contributed by atoms with Crippen LogP contribution in [-0.2, 0) is 23.1 Å². The van der Waals surface area contributed by atoms with Crippen LogP contribution in [0, 0.1) is 5.92 Å². The third-order valence-corrected chi connectivity index (χ3v) is 7.66. The fourth-order valence-corrected chi connectivity index (χ4v) is 6.23. The summed E-state index contributed by atoms with van der Waals surface area (Å²) in [6.07, 6.45) is 5.17. The summed E-state index contributed by atoms with van der Waals surface area (Å²) in [7, 11) is -3.48. The van der Waals surface area contributed by atoms with E-state index >= 15 is 0 Å². The number of hydrogen-bond acceptors (Lipinski definition) is 6. The van der Waals surface area contributed by atoms with Gasteiger partial charge in [0.25, 0.3) is 0 Å². The first-order valence-corrected chi connectivity index (χ1v) is 12.7. The van der Waals surface area contributed by atoms with Gasteiger partial charge in [-0.3, -0.25) is 9.88 Å². The monoisotopic (exact) mass is 439 g/mol. The molecule has 0 saturated heterocycles. The SMILES string of the molecule is CCOP(=O)(OCC)[C@@H](N[C@@H](C(=O)OC(C)(C)C)c1ccccc1)C1CCCCC1. The average Bonchev–Trinajstić information content (AvgIpc) is 2.69. The van der Waals surface area contributed by atoms with Crippen LogP contribution in [0.3, 0.4) is 0 Å². The predicted octanol–water partition coefficient (Wildman–Crippen LogP) is 5.83. The van der Waals surface area contributed by atoms with E-state index in [1.165, 1.54) is 6.42 Å². The molecule has 0 unspecified atom stereocenters. The first kappa shape index (κ1) is 25.1. The highest BCUT2D eigenvalue weighted by Crippen LogP contribution is 2.57. The Morgan fingerprint density at radius 1 is 1.07 bits per heavy atom. The molecule has 2 atom stereocenters. The molecule has 170 valence electrons. The molecule has 1 saturated carbocycles. The highest BCUT2D eigenvalue weighted by atomic mass is 31.2. The average molecular weight is 440 g/mol. The van der Waals surface area contributed by atoms with Gasteiger partial charge < -0.3 is 13.8 Å². The van der Waals surface area contributed by atoms with Gasteiger partial charge in [-0.1, -0.05) is 49.6 Å². The summed E-state index contributed by atoms with van der Waals surface area (Å²) in [6.45, 7) is 9.72. The summed E-state index contributed by atoms with van der Waals surface area (Å²) >= 11 is 0. The smallest absolute Gasteiger partial charge is 0.347 e. The van der Waals surface area contributed by atoms with Crippen molar-refractivity contribution in [3.63, 3.8) is 0 Å². The second-order valence-corrected chi connectivity index (χ2v) is 10.9. The molecule has 1 aliphatic carbocycles. The summed E-state index contributed by atoms with van der Waals surface area (Å²) in [4.78, 5) is 13.2. The van der Waals surface area contributed by atoms with E-state index in [1.807, 2.05) is 65.0 Å². The maximum atomic E-state index is 13.8. The molecule has 1 N–H and O–H groups in total. The van der Waals surface area contributed by atoms with Gasteiger partial charge >= 0.3 is 13.6 Å². The molecule has 0 heterocycles. The van der Waals surface area contributed by atoms with Crippen LogP contribution in [0.25, 0.3) is 0 Å². The molecule has 0 radical (unpaired) electrons. The van der Waals surface area contributed by atoms with Gasteiger partial charge in [-0.05, 0) is 58.9 Å². The molecule has 0 bridgehead atoms. The number of benzene rings is 1. The van der Waals surface area contributed by atoms with E-state index in [-0.39, 0.29) is 19.1 Å². The van der Waals surface area contributed by atoms with Crippen molar-refractivity contribution >= 4 is 13.6 Å². The van der Waals surface area contributed by atoms with Crippen molar-refractivity contribution in [2.45, 2.75) is 84.1 Å². The lowest BCUT2D eigenvalue weighted by Gasteiger charge is -2.37. The number of hydrogen-bond donors (Lipinski definition) is 1. The molecule has 1 fully saturated rings. The lowest BCUT2D eigenvalue weighted by molar-refractivity contribution is -0.158. The van der Waals surface area contributed by atoms with Crippen LogP contribution in [0.1, 0.15) is 78.3 Å². The molecule has 30 heavy (non-hydrogen) atoms. The predicted molar refractivity (Wildman–Crippen MR) is 119 cm³/mol. The summed E-state index contributed by atoms with van der Waals surface area (Å²) in [5.41, 5.74) is 0.141. The number of ether oxygens (including phenoxy) is 1. The molecular weight excluding hydrogens is 401 g/mol. The Morgan fingerprint density at radius 3 is 2.13 bits per heavy atom. The van der Waals surface area contributed by atoms with E-state index in [4.69, 9.17) is 13.8 Å². The topological polar surface area (TPSA) is 73.9 Å². The lowest BCUT2D eigenvalue weighted by Crippen LogP contribution is -2.44. The van der Waals surface area contributed by atoms with Gasteiger partial charge in [-0.25, -0.2) is 4.79 Å². The highest BCUT2D eigenvalue weighted by molar-refractivity contribution is 7.54. The van der Waals surface area contributed by atoms with Crippen molar-refractivity contribution in [2.24, 2.45) is 5.92 Å². The molecular formula is C23H38NO5P. The maximum Gasteiger partial charge on any atom is 0.347 e. The second kappa shape index (κ2) is 11.4. The summed E-state index contributed by atoms with van der Waals surface area (Å²) in [5.74, 6) is -0.860. The van der Waals surface area contributed by atoms with Crippen molar-refractivity contribution < 1.29 is 23.1 Å². The quantitative estimate of drug-likeness (QED) is 0.365. The number of rotatable bonds is 10. The Morgan fingerprint density at radius 2 is 1.63 bits per heavy atom. The molecule has 1 aliphatic rings. The summed E-state index contributed by atoms with van der Waals surface area (Å²) in [6, 6.07) is 8.67. The van der Waals surface area contributed by atoms with Crippen LogP contribution in [0.5, 0.6) is 0 Å². The standard InChI is InChI=1S/C23H38NO5P/c1-6-27-30(26,28-7-2)21(19-16-12-9-13-17-19)24-20(18-14-10-8-11-15-18)22(25)29-23(3,4)5/h8,10-11,14-15,19-21,24H,6-7,9,12-13,16-17H2,1-5H3/t20-,21-/m1/s1. The van der Waals surface area contributed by atoms with Crippen LogP contribution in [0.4, 0.5) is 0 Å². The summed E-state index contributed by atoms with van der Waals surface area (Å²) < 4.78 is 31.0. The van der Waals surface area contributed by atoms with E-state index in [1.54, 1.807) is 0 Å². The van der Waals surface area contributed by atoms with E-state index in [2.05, 4.69) is 5.32 Å². The zero-order chi connectivity index (χ0) is 22.2. The number of esters is 1. The fourth-order valence-electron chi connectivity index (χ4n) is 3.97. The van der Waals surface area contributed by atoms with Crippen LogP contribution in [0.2, 0.25) is 0 Å². The van der Waals surface area contributed by atoms with Gasteiger partial charge in [0.15, 0.2) is 0 Å². The van der Waals surface area contributed by atoms with E-state index < -0.39 is 31.0 Å². The molecule has 7 heteroatoms. The van der Waals surface area contributed by atoms with Gasteiger partial charge in [-0.2, -0.15) is 0 Å². The minimum Gasteiger partial charge on any atom is -0.459 e. The minimum atomic E-state index is -3.48. The normalized spacial score (nSPS) is 18.0. The van der Waals surface area contributed by atoms with E-state index in [0.29, 0.717) is 0 Å². The molecule has 1 aromatic rings. The van der Waals surface area contributed by atoms with Crippen LogP contribution in [-0.4, -0.2) is 30.6 Å². The Labute approximate surface area is 181 Å². The molecule has 0 aromatic heterocycles. The zero-order valence-electron chi connectivity index (χ0n) is 19.1. The number of nitrogens with one attached hydrogen (secondary N) is 1. The van der Waals surface area contributed by atoms with Crippen molar-refractivity contribution in [1.82, 2.24) is 5.32 Å². The first-order chi connectivity index (χ1) is 14.2. The molecule has 6 nitrogen and oxygen atoms in total. The Bertz CT molecular complexity index is 687.